The van der Waals surface area contributed by atoms with Gasteiger partial charge in [0.05, 0.1) is 17.2 Å². The molecule has 3 aromatic rings. The number of H-pyrrole nitrogens is 1. The standard InChI is InChI=1S/C18H13N5O/c19-10-13-14(11-6-8-21-9-7-11)15-16(12-4-2-1-3-5-12)22-23-18(15)24-17(13)20/h1-9,14H,20H2,(H,22,23)/t14-/m1/s1. The lowest BCUT2D eigenvalue weighted by molar-refractivity contribution is 0.379. The maximum atomic E-state index is 9.60. The van der Waals surface area contributed by atoms with Crippen molar-refractivity contribution in [1.29, 1.82) is 5.26 Å². The van der Waals surface area contributed by atoms with E-state index in [9.17, 15) is 5.26 Å². The minimum atomic E-state index is -0.351. The monoisotopic (exact) mass is 315 g/mol. The van der Waals surface area contributed by atoms with E-state index in [1.54, 1.807) is 12.4 Å². The molecular weight excluding hydrogens is 302 g/mol. The summed E-state index contributed by atoms with van der Waals surface area (Å²) in [6.07, 6.45) is 3.38. The summed E-state index contributed by atoms with van der Waals surface area (Å²) in [5, 5.41) is 16.9. The Balaban J connectivity index is 1.96. The molecule has 24 heavy (non-hydrogen) atoms. The molecule has 6 nitrogen and oxygen atoms in total. The number of aromatic nitrogens is 3. The van der Waals surface area contributed by atoms with Crippen LogP contribution in [0.2, 0.25) is 0 Å². The Labute approximate surface area is 138 Å². The van der Waals surface area contributed by atoms with Gasteiger partial charge in [0.15, 0.2) is 0 Å². The van der Waals surface area contributed by atoms with E-state index in [1.165, 1.54) is 0 Å². The molecule has 0 spiro atoms. The third-order valence-electron chi connectivity index (χ3n) is 4.04. The van der Waals surface area contributed by atoms with Gasteiger partial charge in [0.1, 0.15) is 11.6 Å². The van der Waals surface area contributed by atoms with Gasteiger partial charge in [0, 0.05) is 12.4 Å². The number of hydrogen-bond acceptors (Lipinski definition) is 5. The second-order valence-corrected chi connectivity index (χ2v) is 5.39. The highest BCUT2D eigenvalue weighted by Crippen LogP contribution is 2.45. The number of nitriles is 1. The quantitative estimate of drug-likeness (QED) is 0.757. The van der Waals surface area contributed by atoms with E-state index >= 15 is 0 Å². The minimum Gasteiger partial charge on any atom is -0.420 e. The molecule has 0 aliphatic carbocycles. The van der Waals surface area contributed by atoms with E-state index in [2.05, 4.69) is 21.3 Å². The first kappa shape index (κ1) is 14.0. The fourth-order valence-electron chi connectivity index (χ4n) is 2.96. The van der Waals surface area contributed by atoms with Crippen LogP contribution in [-0.2, 0) is 0 Å². The van der Waals surface area contributed by atoms with Crippen LogP contribution in [0.1, 0.15) is 17.0 Å². The Hall–Kier alpha value is -3.59. The third-order valence-corrected chi connectivity index (χ3v) is 4.04. The highest BCUT2D eigenvalue weighted by Gasteiger charge is 2.35. The molecule has 0 radical (unpaired) electrons. The van der Waals surface area contributed by atoms with Crippen molar-refractivity contribution in [3.63, 3.8) is 0 Å². The van der Waals surface area contributed by atoms with Crippen molar-refractivity contribution in [2.24, 2.45) is 5.73 Å². The summed E-state index contributed by atoms with van der Waals surface area (Å²) >= 11 is 0. The predicted molar refractivity (Wildman–Crippen MR) is 87.6 cm³/mol. The maximum Gasteiger partial charge on any atom is 0.244 e. The third kappa shape index (κ3) is 2.11. The van der Waals surface area contributed by atoms with Gasteiger partial charge in [-0.05, 0) is 23.3 Å². The van der Waals surface area contributed by atoms with Crippen LogP contribution >= 0.6 is 0 Å². The summed E-state index contributed by atoms with van der Waals surface area (Å²) in [4.78, 5) is 4.05. The van der Waals surface area contributed by atoms with Gasteiger partial charge in [-0.25, -0.2) is 0 Å². The molecule has 6 heteroatoms. The number of hydrogen-bond donors (Lipinski definition) is 2. The van der Waals surface area contributed by atoms with E-state index < -0.39 is 0 Å². The van der Waals surface area contributed by atoms with Gasteiger partial charge in [-0.2, -0.15) is 5.26 Å². The van der Waals surface area contributed by atoms with Crippen molar-refractivity contribution in [3.8, 4) is 23.2 Å². The number of pyridine rings is 1. The van der Waals surface area contributed by atoms with Gasteiger partial charge in [0.25, 0.3) is 0 Å². The SMILES string of the molecule is N#CC1=C(N)Oc2n[nH]c(-c3ccccc3)c2[C@@H]1c1ccncc1. The fraction of sp³-hybridized carbons (Fsp3) is 0.0556. The summed E-state index contributed by atoms with van der Waals surface area (Å²) in [7, 11) is 0. The number of aromatic amines is 1. The lowest BCUT2D eigenvalue weighted by Gasteiger charge is -2.23. The van der Waals surface area contributed by atoms with E-state index in [0.717, 1.165) is 22.4 Å². The van der Waals surface area contributed by atoms with Gasteiger partial charge in [-0.1, -0.05) is 30.3 Å². The summed E-state index contributed by atoms with van der Waals surface area (Å²) in [5.41, 5.74) is 9.80. The maximum absolute atomic E-state index is 9.60. The molecule has 1 aliphatic heterocycles. The molecule has 1 aliphatic rings. The summed E-state index contributed by atoms with van der Waals surface area (Å²) < 4.78 is 5.57. The number of ether oxygens (including phenoxy) is 1. The zero-order chi connectivity index (χ0) is 16.5. The van der Waals surface area contributed by atoms with Crippen LogP contribution in [0.4, 0.5) is 0 Å². The second kappa shape index (κ2) is 5.56. The number of fused-ring (bicyclic) bond motifs is 1. The second-order valence-electron chi connectivity index (χ2n) is 5.39. The summed E-state index contributed by atoms with van der Waals surface area (Å²) in [5.74, 6) is 0.126. The van der Waals surface area contributed by atoms with Crippen LogP contribution in [0, 0.1) is 11.3 Å². The number of nitrogens with zero attached hydrogens (tertiary/aromatic N) is 3. The topological polar surface area (TPSA) is 101 Å². The molecule has 0 amide bonds. The molecule has 1 atom stereocenters. The molecule has 2 aromatic heterocycles. The Morgan fingerprint density at radius 1 is 1.12 bits per heavy atom. The number of nitrogens with two attached hydrogens (primary N) is 1. The fourth-order valence-corrected chi connectivity index (χ4v) is 2.96. The molecule has 1 aromatic carbocycles. The zero-order valence-corrected chi connectivity index (χ0v) is 12.6. The van der Waals surface area contributed by atoms with Gasteiger partial charge in [-0.3, -0.25) is 10.1 Å². The average molecular weight is 315 g/mol. The van der Waals surface area contributed by atoms with Gasteiger partial charge in [-0.15, -0.1) is 5.10 Å². The molecule has 3 N–H and O–H groups in total. The van der Waals surface area contributed by atoms with Crippen molar-refractivity contribution in [2.75, 3.05) is 0 Å². The smallest absolute Gasteiger partial charge is 0.244 e. The first-order valence-electron chi connectivity index (χ1n) is 7.40. The number of nitrogens with one attached hydrogen (secondary N) is 1. The van der Waals surface area contributed by atoms with Crippen LogP contribution in [0.15, 0.2) is 66.3 Å². The van der Waals surface area contributed by atoms with Crippen molar-refractivity contribution in [1.82, 2.24) is 15.2 Å². The van der Waals surface area contributed by atoms with Crippen molar-refractivity contribution in [2.45, 2.75) is 5.92 Å². The normalized spacial score (nSPS) is 16.2. The Morgan fingerprint density at radius 3 is 2.58 bits per heavy atom. The molecule has 0 unspecified atom stereocenters. The minimum absolute atomic E-state index is 0.0814. The molecular formula is C18H13N5O. The van der Waals surface area contributed by atoms with Crippen molar-refractivity contribution < 1.29 is 4.74 Å². The molecule has 0 saturated carbocycles. The van der Waals surface area contributed by atoms with Crippen LogP contribution in [-0.4, -0.2) is 15.2 Å². The molecule has 0 bridgehead atoms. The summed E-state index contributed by atoms with van der Waals surface area (Å²) in [6.45, 7) is 0. The molecule has 116 valence electrons. The first-order chi connectivity index (χ1) is 11.8. The number of rotatable bonds is 2. The largest absolute Gasteiger partial charge is 0.420 e. The lowest BCUT2D eigenvalue weighted by Crippen LogP contribution is -2.21. The Morgan fingerprint density at radius 2 is 1.88 bits per heavy atom. The van der Waals surface area contributed by atoms with Crippen molar-refractivity contribution >= 4 is 0 Å². The highest BCUT2D eigenvalue weighted by molar-refractivity contribution is 5.70. The number of benzene rings is 1. The predicted octanol–water partition coefficient (Wildman–Crippen LogP) is 2.69. The van der Waals surface area contributed by atoms with Gasteiger partial charge in [0.2, 0.25) is 11.8 Å². The van der Waals surface area contributed by atoms with Crippen LogP contribution in [0.5, 0.6) is 5.88 Å². The van der Waals surface area contributed by atoms with Crippen LogP contribution in [0.25, 0.3) is 11.3 Å². The Kier molecular flexibility index (Phi) is 3.25. The zero-order valence-electron chi connectivity index (χ0n) is 12.6. The number of allylic oxidation sites excluding steroid dienone is 1. The summed E-state index contributed by atoms with van der Waals surface area (Å²) in [6, 6.07) is 15.7. The van der Waals surface area contributed by atoms with E-state index in [-0.39, 0.29) is 11.8 Å². The molecule has 0 fully saturated rings. The lowest BCUT2D eigenvalue weighted by atomic mass is 9.83. The van der Waals surface area contributed by atoms with Crippen molar-refractivity contribution in [3.05, 3.63) is 77.4 Å². The van der Waals surface area contributed by atoms with E-state index in [4.69, 9.17) is 10.5 Å². The molecule has 4 rings (SSSR count). The van der Waals surface area contributed by atoms with Gasteiger partial charge >= 0.3 is 0 Å². The first-order valence-corrected chi connectivity index (χ1v) is 7.40. The highest BCUT2D eigenvalue weighted by atomic mass is 16.5. The Bertz CT molecular complexity index is 954. The molecule has 3 heterocycles. The average Bonchev–Trinajstić information content (AvgIpc) is 3.05. The van der Waals surface area contributed by atoms with Crippen LogP contribution in [0.3, 0.4) is 0 Å². The molecule has 0 saturated heterocycles. The van der Waals surface area contributed by atoms with Gasteiger partial charge < -0.3 is 10.5 Å². The van der Waals surface area contributed by atoms with E-state index in [1.807, 2.05) is 42.5 Å². The van der Waals surface area contributed by atoms with Crippen LogP contribution < -0.4 is 10.5 Å². The van der Waals surface area contributed by atoms with E-state index in [0.29, 0.717) is 11.5 Å².